The largest absolute Gasteiger partial charge is 0.494 e. The number of ether oxygens (including phenoxy) is 1. The predicted octanol–water partition coefficient (Wildman–Crippen LogP) is 4.75. The van der Waals surface area contributed by atoms with Gasteiger partial charge in [-0.25, -0.2) is 4.99 Å². The summed E-state index contributed by atoms with van der Waals surface area (Å²) in [7, 11) is 0. The summed E-state index contributed by atoms with van der Waals surface area (Å²) in [4.78, 5) is 10.3. The van der Waals surface area contributed by atoms with Gasteiger partial charge in [0.25, 0.3) is 0 Å². The molecule has 1 aliphatic rings. The van der Waals surface area contributed by atoms with Crippen LogP contribution in [0.25, 0.3) is 10.9 Å². The van der Waals surface area contributed by atoms with Crippen LogP contribution < -0.4 is 0 Å². The molecule has 4 aromatic rings. The zero-order valence-electron chi connectivity index (χ0n) is 18.2. The fraction of sp³-hybridized carbons (Fsp3) is 0.185. The highest BCUT2D eigenvalue weighted by atomic mass is 16.5. The number of nitrogens with zero attached hydrogens (tertiary/aromatic N) is 3. The van der Waals surface area contributed by atoms with Crippen molar-refractivity contribution in [1.29, 1.82) is 5.26 Å². The summed E-state index contributed by atoms with van der Waals surface area (Å²) in [5.41, 5.74) is 5.43. The fourth-order valence-electron chi connectivity index (χ4n) is 4.17. The van der Waals surface area contributed by atoms with E-state index in [0.29, 0.717) is 16.8 Å². The zero-order chi connectivity index (χ0) is 22.6. The van der Waals surface area contributed by atoms with Crippen molar-refractivity contribution < 1.29 is 9.84 Å². The van der Waals surface area contributed by atoms with E-state index in [-0.39, 0.29) is 5.88 Å². The first-order valence-corrected chi connectivity index (χ1v) is 11.0. The second-order valence-electron chi connectivity index (χ2n) is 8.10. The van der Waals surface area contributed by atoms with Crippen LogP contribution in [0.5, 0.6) is 5.88 Å². The molecule has 2 N–H and O–H groups in total. The first-order valence-electron chi connectivity index (χ1n) is 11.0. The topological polar surface area (TPSA) is 84.6 Å². The molecular weight excluding hydrogens is 412 g/mol. The van der Waals surface area contributed by atoms with Gasteiger partial charge >= 0.3 is 0 Å². The van der Waals surface area contributed by atoms with E-state index in [2.05, 4.69) is 28.1 Å². The number of aromatic nitrogens is 1. The molecule has 0 bridgehead atoms. The van der Waals surface area contributed by atoms with Crippen LogP contribution >= 0.6 is 0 Å². The van der Waals surface area contributed by atoms with Gasteiger partial charge in [-0.3, -0.25) is 4.90 Å². The molecule has 0 aliphatic carbocycles. The van der Waals surface area contributed by atoms with Gasteiger partial charge in [-0.15, -0.1) is 0 Å². The Kier molecular flexibility index (Phi) is 5.90. The van der Waals surface area contributed by atoms with Crippen molar-refractivity contribution in [3.63, 3.8) is 0 Å². The molecular formula is C27H24N4O2. The van der Waals surface area contributed by atoms with Crippen LogP contribution in [0.1, 0.15) is 22.3 Å². The molecule has 6 nitrogen and oxygen atoms in total. The molecule has 5 rings (SSSR count). The Labute approximate surface area is 192 Å². The number of morpholine rings is 1. The fourth-order valence-corrected chi connectivity index (χ4v) is 4.17. The van der Waals surface area contributed by atoms with Gasteiger partial charge in [0.2, 0.25) is 0 Å². The predicted molar refractivity (Wildman–Crippen MR) is 129 cm³/mol. The second kappa shape index (κ2) is 9.29. The van der Waals surface area contributed by atoms with Crippen LogP contribution in [-0.2, 0) is 11.3 Å². The first-order chi connectivity index (χ1) is 16.2. The Morgan fingerprint density at radius 2 is 1.79 bits per heavy atom. The summed E-state index contributed by atoms with van der Waals surface area (Å²) in [5.74, 6) is 0.0339. The molecule has 1 aromatic heterocycles. The summed E-state index contributed by atoms with van der Waals surface area (Å²) < 4.78 is 5.43. The Balaban J connectivity index is 1.55. The zero-order valence-corrected chi connectivity index (χ0v) is 18.2. The van der Waals surface area contributed by atoms with Gasteiger partial charge in [0.1, 0.15) is 0 Å². The van der Waals surface area contributed by atoms with E-state index >= 15 is 0 Å². The molecule has 1 aliphatic heterocycles. The molecule has 33 heavy (non-hydrogen) atoms. The van der Waals surface area contributed by atoms with E-state index in [0.717, 1.165) is 55.0 Å². The SMILES string of the molecule is N#Cc1ccc2[nH]c(O)c(C(=Nc3ccc(CN4CCOCC4)cc3)c3ccccc3)c2c1. The molecule has 6 heteroatoms. The Hall–Kier alpha value is -3.92. The quantitative estimate of drug-likeness (QED) is 0.442. The van der Waals surface area contributed by atoms with E-state index in [1.54, 1.807) is 18.2 Å². The Morgan fingerprint density at radius 1 is 1.03 bits per heavy atom. The maximum absolute atomic E-state index is 10.8. The van der Waals surface area contributed by atoms with Gasteiger partial charge in [-0.2, -0.15) is 5.26 Å². The number of nitriles is 1. The molecule has 0 amide bonds. The van der Waals surface area contributed by atoms with Crippen LogP contribution in [0.3, 0.4) is 0 Å². The van der Waals surface area contributed by atoms with Gasteiger partial charge in [-0.1, -0.05) is 42.5 Å². The van der Waals surface area contributed by atoms with Crippen LogP contribution in [0, 0.1) is 11.3 Å². The number of benzene rings is 3. The van der Waals surface area contributed by atoms with E-state index in [9.17, 15) is 10.4 Å². The van der Waals surface area contributed by atoms with Crippen molar-refractivity contribution in [3.05, 3.63) is 95.1 Å². The summed E-state index contributed by atoms with van der Waals surface area (Å²) in [6.07, 6.45) is 0. The summed E-state index contributed by atoms with van der Waals surface area (Å²) in [6, 6.07) is 25.5. The second-order valence-corrected chi connectivity index (χ2v) is 8.10. The number of nitrogens with one attached hydrogen (secondary N) is 1. The molecule has 0 unspecified atom stereocenters. The Bertz CT molecular complexity index is 1330. The maximum Gasteiger partial charge on any atom is 0.199 e. The molecule has 1 saturated heterocycles. The molecule has 2 heterocycles. The molecule has 0 atom stereocenters. The lowest BCUT2D eigenvalue weighted by molar-refractivity contribution is 0.0342. The summed E-state index contributed by atoms with van der Waals surface area (Å²) >= 11 is 0. The normalized spacial score (nSPS) is 14.9. The number of hydrogen-bond acceptors (Lipinski definition) is 5. The minimum absolute atomic E-state index is 0.0339. The lowest BCUT2D eigenvalue weighted by atomic mass is 10.00. The maximum atomic E-state index is 10.8. The average Bonchev–Trinajstić information content (AvgIpc) is 3.19. The van der Waals surface area contributed by atoms with Gasteiger partial charge in [0.15, 0.2) is 5.88 Å². The average molecular weight is 437 g/mol. The minimum Gasteiger partial charge on any atom is -0.494 e. The van der Waals surface area contributed by atoms with Gasteiger partial charge in [0, 0.05) is 36.1 Å². The number of aliphatic imine (C=N–C) groups is 1. The van der Waals surface area contributed by atoms with Gasteiger partial charge in [-0.05, 0) is 35.9 Å². The number of fused-ring (bicyclic) bond motifs is 1. The lowest BCUT2D eigenvalue weighted by Gasteiger charge is -2.26. The molecule has 164 valence electrons. The van der Waals surface area contributed by atoms with Crippen molar-refractivity contribution in [3.8, 4) is 11.9 Å². The van der Waals surface area contributed by atoms with Crippen LogP contribution in [0.4, 0.5) is 5.69 Å². The highest BCUT2D eigenvalue weighted by Gasteiger charge is 2.19. The van der Waals surface area contributed by atoms with E-state index in [4.69, 9.17) is 9.73 Å². The van der Waals surface area contributed by atoms with Crippen LogP contribution in [0.2, 0.25) is 0 Å². The first kappa shape index (κ1) is 21.0. The highest BCUT2D eigenvalue weighted by molar-refractivity contribution is 6.22. The van der Waals surface area contributed by atoms with Crippen molar-refractivity contribution in [2.75, 3.05) is 26.3 Å². The number of hydrogen-bond donors (Lipinski definition) is 2. The number of aromatic hydroxyl groups is 1. The standard InChI is InChI=1S/C27H24N4O2/c28-17-20-8-11-24-23(16-20)25(27(32)30-24)26(21-4-2-1-3-5-21)29-22-9-6-19(7-10-22)18-31-12-14-33-15-13-31/h1-11,16,30,32H,12-15,18H2. The van der Waals surface area contributed by atoms with Crippen LogP contribution in [-0.4, -0.2) is 47.0 Å². The van der Waals surface area contributed by atoms with E-state index in [1.807, 2.05) is 42.5 Å². The van der Waals surface area contributed by atoms with E-state index in [1.165, 1.54) is 5.56 Å². The van der Waals surface area contributed by atoms with Gasteiger partial charge in [0.05, 0.1) is 41.8 Å². The van der Waals surface area contributed by atoms with E-state index < -0.39 is 0 Å². The summed E-state index contributed by atoms with van der Waals surface area (Å²) in [5, 5.41) is 20.9. The van der Waals surface area contributed by atoms with Crippen molar-refractivity contribution in [1.82, 2.24) is 9.88 Å². The van der Waals surface area contributed by atoms with Crippen molar-refractivity contribution in [2.24, 2.45) is 4.99 Å². The molecule has 0 radical (unpaired) electrons. The van der Waals surface area contributed by atoms with Crippen LogP contribution in [0.15, 0.2) is 77.8 Å². The third kappa shape index (κ3) is 4.51. The molecule has 0 saturated carbocycles. The van der Waals surface area contributed by atoms with Gasteiger partial charge < -0.3 is 14.8 Å². The number of rotatable bonds is 5. The Morgan fingerprint density at radius 3 is 2.52 bits per heavy atom. The number of aromatic amines is 1. The highest BCUT2D eigenvalue weighted by Crippen LogP contribution is 2.32. The molecule has 3 aromatic carbocycles. The molecule has 0 spiro atoms. The molecule has 1 fully saturated rings. The monoisotopic (exact) mass is 436 g/mol. The number of H-pyrrole nitrogens is 1. The summed E-state index contributed by atoms with van der Waals surface area (Å²) in [6.45, 7) is 4.35. The third-order valence-electron chi connectivity index (χ3n) is 5.88. The van der Waals surface area contributed by atoms with Crippen molar-refractivity contribution >= 4 is 22.3 Å². The third-order valence-corrected chi connectivity index (χ3v) is 5.88. The lowest BCUT2D eigenvalue weighted by Crippen LogP contribution is -2.35. The van der Waals surface area contributed by atoms with Crippen molar-refractivity contribution in [2.45, 2.75) is 6.54 Å². The smallest absolute Gasteiger partial charge is 0.199 e. The minimum atomic E-state index is 0.0339.